The number of amides is 1. The maximum Gasteiger partial charge on any atom is 0.244 e. The van der Waals surface area contributed by atoms with Gasteiger partial charge in [-0.15, -0.1) is 10.2 Å². The van der Waals surface area contributed by atoms with Gasteiger partial charge in [-0.3, -0.25) is 9.20 Å². The van der Waals surface area contributed by atoms with Crippen molar-refractivity contribution in [2.75, 3.05) is 14.1 Å². The molecule has 0 aliphatic carbocycles. The van der Waals surface area contributed by atoms with Crippen LogP contribution >= 0.6 is 11.8 Å². The van der Waals surface area contributed by atoms with Crippen LogP contribution in [-0.4, -0.2) is 52.6 Å². The van der Waals surface area contributed by atoms with E-state index in [9.17, 15) is 13.2 Å². The van der Waals surface area contributed by atoms with Gasteiger partial charge in [0.25, 0.3) is 0 Å². The molecule has 9 nitrogen and oxygen atoms in total. The number of pyridine rings is 1. The molecule has 1 unspecified atom stereocenters. The molecule has 3 heterocycles. The van der Waals surface area contributed by atoms with Crippen LogP contribution < -0.4 is 5.32 Å². The second-order valence-corrected chi connectivity index (χ2v) is 9.38. The van der Waals surface area contributed by atoms with Crippen molar-refractivity contribution in [1.29, 1.82) is 0 Å². The molecule has 0 aliphatic rings. The van der Waals surface area contributed by atoms with Crippen molar-refractivity contribution in [2.45, 2.75) is 28.8 Å². The first kappa shape index (κ1) is 19.4. The van der Waals surface area contributed by atoms with Crippen molar-refractivity contribution in [2.24, 2.45) is 0 Å². The summed E-state index contributed by atoms with van der Waals surface area (Å²) in [6, 6.07) is 6.58. The zero-order chi connectivity index (χ0) is 19.6. The Morgan fingerprint density at radius 3 is 2.78 bits per heavy atom. The summed E-state index contributed by atoms with van der Waals surface area (Å²) < 4.78 is 32.5. The molecule has 0 spiro atoms. The number of hydrogen-bond acceptors (Lipinski definition) is 7. The summed E-state index contributed by atoms with van der Waals surface area (Å²) >= 11 is 1.19. The summed E-state index contributed by atoms with van der Waals surface area (Å²) in [5.41, 5.74) is 0.499. The number of rotatable bonds is 7. The Morgan fingerprint density at radius 2 is 2.11 bits per heavy atom. The number of carbonyl (C=O) groups excluding carboxylic acids is 1. The van der Waals surface area contributed by atoms with Crippen LogP contribution in [0.1, 0.15) is 12.7 Å². The maximum absolute atomic E-state index is 12.3. The second kappa shape index (κ2) is 7.71. The van der Waals surface area contributed by atoms with Crippen LogP contribution in [-0.2, 0) is 21.4 Å². The summed E-state index contributed by atoms with van der Waals surface area (Å²) in [7, 11) is -0.653. The molecule has 1 amide bonds. The van der Waals surface area contributed by atoms with Gasteiger partial charge in [-0.05, 0) is 31.2 Å². The van der Waals surface area contributed by atoms with Crippen LogP contribution in [0.4, 0.5) is 0 Å². The minimum Gasteiger partial charge on any atom is -0.467 e. The van der Waals surface area contributed by atoms with Crippen molar-refractivity contribution in [1.82, 2.24) is 24.2 Å². The molecule has 1 atom stereocenters. The molecule has 144 valence electrons. The fourth-order valence-electron chi connectivity index (χ4n) is 2.24. The molecule has 1 N–H and O–H groups in total. The Hall–Kier alpha value is -2.37. The third-order valence-electron chi connectivity index (χ3n) is 3.79. The van der Waals surface area contributed by atoms with E-state index < -0.39 is 15.3 Å². The molecule has 0 saturated heterocycles. The first-order valence-electron chi connectivity index (χ1n) is 8.03. The molecule has 0 radical (unpaired) electrons. The predicted molar refractivity (Wildman–Crippen MR) is 99.7 cm³/mol. The monoisotopic (exact) mass is 409 g/mol. The number of furan rings is 1. The van der Waals surface area contributed by atoms with Crippen LogP contribution in [0.5, 0.6) is 0 Å². The van der Waals surface area contributed by atoms with Gasteiger partial charge in [0, 0.05) is 20.3 Å². The fraction of sp³-hybridized carbons (Fsp3) is 0.312. The number of aromatic nitrogens is 3. The van der Waals surface area contributed by atoms with E-state index in [-0.39, 0.29) is 10.8 Å². The van der Waals surface area contributed by atoms with Gasteiger partial charge in [0.15, 0.2) is 10.8 Å². The number of fused-ring (bicyclic) bond motifs is 1. The molecular formula is C16H19N5O4S2. The van der Waals surface area contributed by atoms with Gasteiger partial charge in [0.1, 0.15) is 5.76 Å². The van der Waals surface area contributed by atoms with Crippen LogP contribution in [0.15, 0.2) is 51.2 Å². The van der Waals surface area contributed by atoms with Gasteiger partial charge in [-0.2, -0.15) is 0 Å². The summed E-state index contributed by atoms with van der Waals surface area (Å²) in [4.78, 5) is 12.4. The largest absolute Gasteiger partial charge is 0.467 e. The van der Waals surface area contributed by atoms with E-state index in [2.05, 4.69) is 15.5 Å². The quantitative estimate of drug-likeness (QED) is 0.587. The van der Waals surface area contributed by atoms with Gasteiger partial charge in [0.2, 0.25) is 15.9 Å². The SMILES string of the molecule is CC(Sc1nnc2ccc(S(=O)(=O)N(C)C)cn12)C(=O)NCc1ccco1. The molecule has 27 heavy (non-hydrogen) atoms. The highest BCUT2D eigenvalue weighted by molar-refractivity contribution is 8.00. The molecule has 3 aromatic heterocycles. The third kappa shape index (κ3) is 4.15. The summed E-state index contributed by atoms with van der Waals surface area (Å²) in [6.45, 7) is 2.03. The highest BCUT2D eigenvalue weighted by Crippen LogP contribution is 2.24. The Kier molecular flexibility index (Phi) is 5.53. The summed E-state index contributed by atoms with van der Waals surface area (Å²) in [6.07, 6.45) is 3.00. The second-order valence-electron chi connectivity index (χ2n) is 5.92. The first-order chi connectivity index (χ1) is 12.8. The van der Waals surface area contributed by atoms with Gasteiger partial charge < -0.3 is 9.73 Å². The number of nitrogens with zero attached hydrogens (tertiary/aromatic N) is 4. The first-order valence-corrected chi connectivity index (χ1v) is 10.3. The molecule has 3 rings (SSSR count). The van der Waals surface area contributed by atoms with Gasteiger partial charge in [-0.25, -0.2) is 12.7 Å². The Bertz CT molecular complexity index is 1040. The lowest BCUT2D eigenvalue weighted by Gasteiger charge is -2.12. The Balaban J connectivity index is 1.77. The number of hydrogen-bond donors (Lipinski definition) is 1. The van der Waals surface area contributed by atoms with E-state index in [0.29, 0.717) is 23.1 Å². The van der Waals surface area contributed by atoms with Crippen LogP contribution in [0, 0.1) is 0 Å². The molecule has 0 fully saturated rings. The van der Waals surface area contributed by atoms with E-state index in [0.717, 1.165) is 4.31 Å². The lowest BCUT2D eigenvalue weighted by molar-refractivity contribution is -0.120. The molecule has 0 bridgehead atoms. The fourth-order valence-corrected chi connectivity index (χ4v) is 3.99. The molecule has 0 saturated carbocycles. The maximum atomic E-state index is 12.3. The van der Waals surface area contributed by atoms with Crippen molar-refractivity contribution in [3.05, 3.63) is 42.5 Å². The van der Waals surface area contributed by atoms with Gasteiger partial charge in [-0.1, -0.05) is 11.8 Å². The minimum atomic E-state index is -3.58. The lowest BCUT2D eigenvalue weighted by Crippen LogP contribution is -2.30. The number of carbonyl (C=O) groups is 1. The normalized spacial score (nSPS) is 13.2. The van der Waals surface area contributed by atoms with Crippen molar-refractivity contribution in [3.63, 3.8) is 0 Å². The summed E-state index contributed by atoms with van der Waals surface area (Å²) in [5, 5.41) is 10.8. The Labute approximate surface area is 160 Å². The minimum absolute atomic E-state index is 0.122. The van der Waals surface area contributed by atoms with E-state index in [1.165, 1.54) is 38.1 Å². The van der Waals surface area contributed by atoms with Gasteiger partial charge in [0.05, 0.1) is 23.0 Å². The van der Waals surface area contributed by atoms with Crippen LogP contribution in [0.3, 0.4) is 0 Å². The Morgan fingerprint density at radius 1 is 1.33 bits per heavy atom. The zero-order valence-corrected chi connectivity index (χ0v) is 16.6. The van der Waals surface area contributed by atoms with E-state index in [1.807, 2.05) is 0 Å². The lowest BCUT2D eigenvalue weighted by atomic mass is 10.4. The smallest absolute Gasteiger partial charge is 0.244 e. The average Bonchev–Trinajstić information content (AvgIpc) is 3.29. The third-order valence-corrected chi connectivity index (χ3v) is 6.65. The molecule has 0 aliphatic heterocycles. The standard InChI is InChI=1S/C16H19N5O4S2/c1-11(15(22)17-9-12-5-4-8-25-12)26-16-19-18-14-7-6-13(10-21(14)16)27(23,24)20(2)3/h4-8,10-11H,9H2,1-3H3,(H,17,22). The van der Waals surface area contributed by atoms with E-state index >= 15 is 0 Å². The molecule has 0 aromatic carbocycles. The molecular weight excluding hydrogens is 390 g/mol. The highest BCUT2D eigenvalue weighted by atomic mass is 32.2. The number of sulfonamides is 1. The predicted octanol–water partition coefficient (Wildman–Crippen LogP) is 1.37. The highest BCUT2D eigenvalue weighted by Gasteiger charge is 2.21. The number of thioether (sulfide) groups is 1. The van der Waals surface area contributed by atoms with Crippen LogP contribution in [0.25, 0.3) is 5.65 Å². The van der Waals surface area contributed by atoms with Gasteiger partial charge >= 0.3 is 0 Å². The van der Waals surface area contributed by atoms with E-state index in [1.54, 1.807) is 35.8 Å². The zero-order valence-electron chi connectivity index (χ0n) is 15.0. The average molecular weight is 409 g/mol. The van der Waals surface area contributed by atoms with E-state index in [4.69, 9.17) is 4.42 Å². The summed E-state index contributed by atoms with van der Waals surface area (Å²) in [5.74, 6) is 0.470. The van der Waals surface area contributed by atoms with Crippen molar-refractivity contribution < 1.29 is 17.6 Å². The van der Waals surface area contributed by atoms with Crippen molar-refractivity contribution >= 4 is 33.3 Å². The molecule has 3 aromatic rings. The van der Waals surface area contributed by atoms with Crippen molar-refractivity contribution in [3.8, 4) is 0 Å². The van der Waals surface area contributed by atoms with Crippen LogP contribution in [0.2, 0.25) is 0 Å². The molecule has 11 heteroatoms. The number of nitrogens with one attached hydrogen (secondary N) is 1. The topological polar surface area (TPSA) is 110 Å².